The highest BCUT2D eigenvalue weighted by molar-refractivity contribution is 6.32. The molecule has 0 spiro atoms. The van der Waals surface area contributed by atoms with Crippen molar-refractivity contribution in [2.24, 2.45) is 13.0 Å². The molecule has 1 N–H and O–H groups in total. The number of aryl methyl sites for hydroxylation is 1. The van der Waals surface area contributed by atoms with Crippen LogP contribution in [0.1, 0.15) is 86.4 Å². The fourth-order valence-electron chi connectivity index (χ4n) is 10.8. The zero-order valence-electron chi connectivity index (χ0n) is 39.8. The molecule has 0 saturated carbocycles. The van der Waals surface area contributed by atoms with Crippen molar-refractivity contribution in [2.75, 3.05) is 76.3 Å². The maximum Gasteiger partial charge on any atom is 0.329 e. The van der Waals surface area contributed by atoms with Crippen molar-refractivity contribution in [3.63, 3.8) is 0 Å². The Morgan fingerprint density at radius 3 is 2.32 bits per heavy atom. The second-order valence-corrected chi connectivity index (χ2v) is 20.3. The van der Waals surface area contributed by atoms with Crippen LogP contribution in [-0.2, 0) is 35.2 Å². The Morgan fingerprint density at radius 2 is 1.61 bits per heavy atom. The number of piperidine rings is 3. The molecule has 2 aromatic heterocycles. The first kappa shape index (κ1) is 48.5. The third kappa shape index (κ3) is 10.7. The third-order valence-corrected chi connectivity index (χ3v) is 15.3. The number of carbonyl (C=O) groups is 2. The number of likely N-dealkylation sites (tertiary alicyclic amines) is 2. The van der Waals surface area contributed by atoms with E-state index in [0.29, 0.717) is 47.2 Å². The van der Waals surface area contributed by atoms with Gasteiger partial charge < -0.3 is 19.3 Å². The lowest BCUT2D eigenvalue weighted by atomic mass is 9.77. The average Bonchev–Trinajstić information content (AvgIpc) is 3.62. The number of nitriles is 1. The lowest BCUT2D eigenvalue weighted by Crippen LogP contribution is -2.54. The Hall–Kier alpha value is -5.50. The summed E-state index contributed by atoms with van der Waals surface area (Å²) in [5.74, 6) is 2.12. The van der Waals surface area contributed by atoms with E-state index in [-0.39, 0.29) is 24.6 Å². The van der Waals surface area contributed by atoms with Gasteiger partial charge in [0.25, 0.3) is 0 Å². The highest BCUT2D eigenvalue weighted by Crippen LogP contribution is 2.39. The number of fused-ring (bicyclic) bond motifs is 1. The minimum Gasteiger partial charge on any atom is -0.489 e. The number of hydrogen-bond donors (Lipinski definition) is 1. The standard InChI is InChI=1S/C52H62Cl2N10O5/c1-52(2,39-29-37(31-55)48(43(54)30-39)68-28-18-53)38-7-9-42(10-8-38)69-34-40-13-19-56-50(57-40)63-26-24-62(25-27-63)41-16-22-60(23-17-41)32-35-14-20-61(21-15-35)33-36-5-4-6-44-47(36)59(3)51(67)64(44)45-11-12-46(65)58-49(45)66/h4-10,13,19,29-30,35,41,45H,11-12,14-18,20-28,32-34H2,1-3H3,(H,58,65,66). The maximum absolute atomic E-state index is 13.4. The fraction of sp³-hybridized carbons (Fsp3) is 0.500. The molecular weight excluding hydrogens is 916 g/mol. The second kappa shape index (κ2) is 21.2. The van der Waals surface area contributed by atoms with Crippen molar-refractivity contribution >= 4 is 52.0 Å². The summed E-state index contributed by atoms with van der Waals surface area (Å²) >= 11 is 12.4. The first-order chi connectivity index (χ1) is 33.4. The van der Waals surface area contributed by atoms with Gasteiger partial charge in [-0.15, -0.1) is 11.6 Å². The molecule has 6 heterocycles. The molecule has 2 amide bonds. The topological polar surface area (TPSA) is 154 Å². The number of anilines is 1. The Labute approximate surface area is 413 Å². The van der Waals surface area contributed by atoms with E-state index < -0.39 is 17.4 Å². The second-order valence-electron chi connectivity index (χ2n) is 19.5. The summed E-state index contributed by atoms with van der Waals surface area (Å²) in [6.07, 6.45) is 7.07. The van der Waals surface area contributed by atoms with Gasteiger partial charge in [0.05, 0.1) is 33.2 Å². The van der Waals surface area contributed by atoms with E-state index in [1.165, 1.54) is 12.8 Å². The Morgan fingerprint density at radius 1 is 0.870 bits per heavy atom. The number of imide groups is 1. The van der Waals surface area contributed by atoms with Crippen molar-refractivity contribution in [1.82, 2.24) is 39.1 Å². The van der Waals surface area contributed by atoms with Gasteiger partial charge in [0.1, 0.15) is 31.1 Å². The largest absolute Gasteiger partial charge is 0.489 e. The molecule has 364 valence electrons. The Bertz CT molecular complexity index is 2750. The molecule has 4 fully saturated rings. The maximum atomic E-state index is 13.4. The summed E-state index contributed by atoms with van der Waals surface area (Å²) in [6.45, 7) is 14.8. The number of para-hydroxylation sites is 1. The predicted octanol–water partition coefficient (Wildman–Crippen LogP) is 6.65. The fourth-order valence-corrected chi connectivity index (χ4v) is 11.1. The molecule has 69 heavy (non-hydrogen) atoms. The third-order valence-electron chi connectivity index (χ3n) is 14.9. The molecule has 15 nitrogen and oxygen atoms in total. The SMILES string of the molecule is Cn1c(=O)n(C2CCC(=O)NC2=O)c2cccc(CN3CCC(CN4CCC(N5CCN(c6nccc(COc7ccc(C(C)(C)c8cc(Cl)c(OCCCl)c(C#N)c8)cc7)n6)CC5)CC4)CC3)c21. The van der Waals surface area contributed by atoms with Crippen molar-refractivity contribution in [1.29, 1.82) is 5.26 Å². The van der Waals surface area contributed by atoms with Crippen LogP contribution < -0.4 is 25.4 Å². The number of piperazine rings is 1. The molecule has 0 bridgehead atoms. The van der Waals surface area contributed by atoms with Crippen LogP contribution in [0, 0.1) is 17.2 Å². The van der Waals surface area contributed by atoms with Crippen LogP contribution >= 0.6 is 23.2 Å². The van der Waals surface area contributed by atoms with E-state index >= 15 is 0 Å². The Kier molecular flexibility index (Phi) is 14.9. The van der Waals surface area contributed by atoms with Crippen LogP contribution in [0.15, 0.2) is 71.7 Å². The first-order valence-electron chi connectivity index (χ1n) is 24.3. The van der Waals surface area contributed by atoms with Crippen molar-refractivity contribution in [3.8, 4) is 17.6 Å². The van der Waals surface area contributed by atoms with E-state index in [1.54, 1.807) is 16.2 Å². The molecule has 0 radical (unpaired) electrons. The molecule has 5 aromatic rings. The number of carbonyl (C=O) groups excluding carboxylic acids is 2. The van der Waals surface area contributed by atoms with E-state index in [0.717, 1.165) is 123 Å². The molecular formula is C52H62Cl2N10O5. The number of nitrogens with one attached hydrogen (secondary N) is 1. The highest BCUT2D eigenvalue weighted by Gasteiger charge is 2.33. The van der Waals surface area contributed by atoms with Crippen LogP contribution in [0.2, 0.25) is 5.02 Å². The van der Waals surface area contributed by atoms with E-state index in [2.05, 4.69) is 55.9 Å². The number of nitrogens with zero attached hydrogens (tertiary/aromatic N) is 9. The summed E-state index contributed by atoms with van der Waals surface area (Å²) < 4.78 is 15.1. The molecule has 4 aliphatic rings. The lowest BCUT2D eigenvalue weighted by molar-refractivity contribution is -0.135. The number of rotatable bonds is 15. The molecule has 9 rings (SSSR count). The number of amides is 2. The van der Waals surface area contributed by atoms with Crippen molar-refractivity contribution in [3.05, 3.63) is 110 Å². The smallest absolute Gasteiger partial charge is 0.329 e. The van der Waals surface area contributed by atoms with Crippen LogP contribution in [0.5, 0.6) is 11.5 Å². The number of imidazole rings is 1. The summed E-state index contributed by atoms with van der Waals surface area (Å²) in [5.41, 5.74) is 5.19. The van der Waals surface area contributed by atoms with Crippen molar-refractivity contribution in [2.45, 2.75) is 83.0 Å². The van der Waals surface area contributed by atoms with Gasteiger partial charge in [0, 0.05) is 70.4 Å². The highest BCUT2D eigenvalue weighted by atomic mass is 35.5. The van der Waals surface area contributed by atoms with Gasteiger partial charge in [-0.1, -0.05) is 49.7 Å². The molecule has 1 unspecified atom stereocenters. The lowest BCUT2D eigenvalue weighted by Gasteiger charge is -2.43. The summed E-state index contributed by atoms with van der Waals surface area (Å²) in [7, 11) is 1.78. The van der Waals surface area contributed by atoms with Crippen molar-refractivity contribution < 1.29 is 19.1 Å². The molecule has 17 heteroatoms. The van der Waals surface area contributed by atoms with Crippen LogP contribution in [0.25, 0.3) is 11.0 Å². The molecule has 3 aromatic carbocycles. The van der Waals surface area contributed by atoms with Gasteiger partial charge in [-0.25, -0.2) is 14.8 Å². The van der Waals surface area contributed by atoms with E-state index in [9.17, 15) is 19.6 Å². The van der Waals surface area contributed by atoms with Gasteiger partial charge >= 0.3 is 5.69 Å². The van der Waals surface area contributed by atoms with Gasteiger partial charge in [-0.2, -0.15) is 5.26 Å². The van der Waals surface area contributed by atoms with Gasteiger partial charge in [0.15, 0.2) is 5.75 Å². The van der Waals surface area contributed by atoms with Crippen LogP contribution in [0.3, 0.4) is 0 Å². The molecule has 1 atom stereocenters. The van der Waals surface area contributed by atoms with Gasteiger partial charge in [0.2, 0.25) is 17.8 Å². The molecule has 0 aliphatic carbocycles. The minimum atomic E-state index is -0.682. The minimum absolute atomic E-state index is 0.226. The number of benzene rings is 3. The zero-order chi connectivity index (χ0) is 48.2. The number of halogens is 2. The number of hydrogen-bond acceptors (Lipinski definition) is 12. The number of ether oxygens (including phenoxy) is 2. The van der Waals surface area contributed by atoms with Gasteiger partial charge in [-0.3, -0.25) is 33.8 Å². The van der Waals surface area contributed by atoms with E-state index in [4.69, 9.17) is 37.7 Å². The molecule has 4 aliphatic heterocycles. The Balaban J connectivity index is 0.704. The van der Waals surface area contributed by atoms with Crippen LogP contribution in [0.4, 0.5) is 5.95 Å². The summed E-state index contributed by atoms with van der Waals surface area (Å²) in [4.78, 5) is 57.6. The predicted molar refractivity (Wildman–Crippen MR) is 267 cm³/mol. The van der Waals surface area contributed by atoms with E-state index in [1.807, 2.05) is 60.8 Å². The zero-order valence-corrected chi connectivity index (χ0v) is 41.4. The monoisotopic (exact) mass is 976 g/mol. The first-order valence-corrected chi connectivity index (χ1v) is 25.3. The number of alkyl halides is 1. The summed E-state index contributed by atoms with van der Waals surface area (Å²) in [6, 6.07) is 21.7. The summed E-state index contributed by atoms with van der Waals surface area (Å²) in [5, 5.41) is 12.6. The number of aromatic nitrogens is 4. The normalized spacial score (nSPS) is 19.5. The molecule has 4 saturated heterocycles. The average molecular weight is 978 g/mol. The van der Waals surface area contributed by atoms with Gasteiger partial charge in [-0.05, 0) is 117 Å². The van der Waals surface area contributed by atoms with Crippen LogP contribution in [-0.4, -0.2) is 123 Å². The quantitative estimate of drug-likeness (QED) is 0.0883.